The third-order valence-electron chi connectivity index (χ3n) is 6.26. The van der Waals surface area contributed by atoms with Crippen molar-refractivity contribution in [3.05, 3.63) is 69.6 Å². The number of fused-ring (bicyclic) bond motifs is 5. The van der Waals surface area contributed by atoms with E-state index in [4.69, 9.17) is 18.6 Å². The third-order valence-corrected chi connectivity index (χ3v) is 6.26. The Morgan fingerprint density at radius 1 is 0.893 bits per heavy atom. The number of hydrogen-bond acceptors (Lipinski definition) is 5. The van der Waals surface area contributed by atoms with Crippen molar-refractivity contribution in [2.75, 3.05) is 6.79 Å². The third kappa shape index (κ3) is 2.32. The highest BCUT2D eigenvalue weighted by atomic mass is 16.7. The predicted molar refractivity (Wildman–Crippen MR) is 103 cm³/mol. The largest absolute Gasteiger partial charge is 0.464 e. The van der Waals surface area contributed by atoms with E-state index in [1.165, 1.54) is 12.0 Å². The minimum Gasteiger partial charge on any atom is -0.464 e. The van der Waals surface area contributed by atoms with Crippen LogP contribution in [0.3, 0.4) is 0 Å². The van der Waals surface area contributed by atoms with Crippen molar-refractivity contribution in [1.29, 1.82) is 0 Å². The number of hydrogen-bond donors (Lipinski definition) is 0. The summed E-state index contributed by atoms with van der Waals surface area (Å²) in [4.78, 5) is 13.2. The molecule has 2 aliphatic heterocycles. The molecule has 0 N–H and O–H groups in total. The lowest BCUT2D eigenvalue weighted by Gasteiger charge is -2.41. The van der Waals surface area contributed by atoms with Gasteiger partial charge >= 0.3 is 0 Å². The summed E-state index contributed by atoms with van der Waals surface area (Å²) in [7, 11) is 0. The van der Waals surface area contributed by atoms with Crippen LogP contribution in [0.25, 0.3) is 11.0 Å². The number of ether oxygens (including phenoxy) is 3. The van der Waals surface area contributed by atoms with Crippen LogP contribution in [-0.4, -0.2) is 12.9 Å². The molecule has 1 aromatic heterocycles. The van der Waals surface area contributed by atoms with Crippen LogP contribution in [0.4, 0.5) is 0 Å². The van der Waals surface area contributed by atoms with E-state index in [2.05, 4.69) is 6.07 Å². The standard InChI is InChI=1S/C23H20O5/c24-22-14-6-2-3-7-18(14)25-11-17(22)23-16-10-21-20(26-12-27-21)9-15(16)13-5-1-4-8-19(13)28-23/h2-3,6-7,9-11,13,19,23H,1,4-5,8,12H2. The van der Waals surface area contributed by atoms with Gasteiger partial charge in [-0.05, 0) is 48.2 Å². The Labute approximate surface area is 161 Å². The van der Waals surface area contributed by atoms with Crippen molar-refractivity contribution in [3.63, 3.8) is 0 Å². The maximum absolute atomic E-state index is 13.2. The Morgan fingerprint density at radius 2 is 1.68 bits per heavy atom. The molecule has 6 rings (SSSR count). The molecule has 0 amide bonds. The summed E-state index contributed by atoms with van der Waals surface area (Å²) in [6.45, 7) is 0.232. The minimum absolute atomic E-state index is 0.0373. The lowest BCUT2D eigenvalue weighted by Crippen LogP contribution is -2.35. The molecule has 5 heteroatoms. The SMILES string of the molecule is O=c1c(C2OC3CCCCC3c3cc4c(cc32)OCO4)coc2ccccc12. The van der Waals surface area contributed by atoms with Crippen LogP contribution in [0.5, 0.6) is 11.5 Å². The highest BCUT2D eigenvalue weighted by Gasteiger charge is 2.40. The van der Waals surface area contributed by atoms with Crippen LogP contribution >= 0.6 is 0 Å². The Morgan fingerprint density at radius 3 is 2.57 bits per heavy atom. The zero-order valence-electron chi connectivity index (χ0n) is 15.4. The van der Waals surface area contributed by atoms with Crippen LogP contribution in [-0.2, 0) is 4.74 Å². The van der Waals surface area contributed by atoms with Crippen LogP contribution in [0.15, 0.2) is 51.9 Å². The molecule has 1 saturated carbocycles. The summed E-state index contributed by atoms with van der Waals surface area (Å²) in [6, 6.07) is 11.4. The Hall–Kier alpha value is -2.79. The van der Waals surface area contributed by atoms with Gasteiger partial charge in [-0.15, -0.1) is 0 Å². The van der Waals surface area contributed by atoms with Gasteiger partial charge in [0.15, 0.2) is 16.9 Å². The van der Waals surface area contributed by atoms with E-state index >= 15 is 0 Å². The maximum atomic E-state index is 13.2. The molecule has 3 aliphatic rings. The fourth-order valence-corrected chi connectivity index (χ4v) is 4.90. The second-order valence-corrected chi connectivity index (χ2v) is 7.80. The number of benzene rings is 2. The molecule has 0 spiro atoms. The molecular formula is C23H20O5. The molecule has 3 unspecified atom stereocenters. The maximum Gasteiger partial charge on any atom is 0.231 e. The minimum atomic E-state index is -0.454. The van der Waals surface area contributed by atoms with Gasteiger partial charge in [0.05, 0.1) is 17.1 Å². The number of para-hydroxylation sites is 1. The van der Waals surface area contributed by atoms with Gasteiger partial charge in [-0.3, -0.25) is 4.79 Å². The van der Waals surface area contributed by atoms with E-state index in [0.29, 0.717) is 28.2 Å². The molecule has 0 radical (unpaired) electrons. The average molecular weight is 376 g/mol. The fourth-order valence-electron chi connectivity index (χ4n) is 4.90. The van der Waals surface area contributed by atoms with Crippen LogP contribution < -0.4 is 14.9 Å². The van der Waals surface area contributed by atoms with E-state index in [1.54, 1.807) is 12.3 Å². The lowest BCUT2D eigenvalue weighted by molar-refractivity contribution is -0.0398. The molecule has 1 aliphatic carbocycles. The van der Waals surface area contributed by atoms with Gasteiger partial charge in [0.2, 0.25) is 6.79 Å². The van der Waals surface area contributed by atoms with Gasteiger partial charge in [0.1, 0.15) is 18.0 Å². The second-order valence-electron chi connectivity index (χ2n) is 7.80. The molecule has 1 fully saturated rings. The first-order valence-corrected chi connectivity index (χ1v) is 9.89. The predicted octanol–water partition coefficient (Wildman–Crippen LogP) is 4.67. The van der Waals surface area contributed by atoms with Gasteiger partial charge < -0.3 is 18.6 Å². The van der Waals surface area contributed by atoms with Gasteiger partial charge in [0.25, 0.3) is 0 Å². The molecular weight excluding hydrogens is 356 g/mol. The number of rotatable bonds is 1. The molecule has 3 heterocycles. The lowest BCUT2D eigenvalue weighted by atomic mass is 9.76. The molecule has 0 saturated heterocycles. The van der Waals surface area contributed by atoms with Gasteiger partial charge in [-0.1, -0.05) is 25.0 Å². The van der Waals surface area contributed by atoms with Crippen molar-refractivity contribution in [1.82, 2.24) is 0 Å². The monoisotopic (exact) mass is 376 g/mol. The first-order valence-electron chi connectivity index (χ1n) is 9.89. The van der Waals surface area contributed by atoms with E-state index in [0.717, 1.165) is 30.6 Å². The van der Waals surface area contributed by atoms with Crippen molar-refractivity contribution in [3.8, 4) is 11.5 Å². The molecule has 0 bridgehead atoms. The van der Waals surface area contributed by atoms with Crippen LogP contribution in [0.1, 0.15) is 54.4 Å². The van der Waals surface area contributed by atoms with Crippen molar-refractivity contribution in [2.45, 2.75) is 43.8 Å². The first kappa shape index (κ1) is 16.2. The Bertz CT molecular complexity index is 1130. The molecule has 3 aromatic rings. The normalized spacial score (nSPS) is 25.4. The van der Waals surface area contributed by atoms with E-state index in [-0.39, 0.29) is 18.3 Å². The first-order chi connectivity index (χ1) is 13.8. The van der Waals surface area contributed by atoms with Gasteiger partial charge in [-0.2, -0.15) is 0 Å². The molecule has 142 valence electrons. The second kappa shape index (κ2) is 6.11. The molecule has 2 aromatic carbocycles. The quantitative estimate of drug-likeness (QED) is 0.618. The topological polar surface area (TPSA) is 57.9 Å². The van der Waals surface area contributed by atoms with E-state index < -0.39 is 6.10 Å². The average Bonchev–Trinajstić information content (AvgIpc) is 3.20. The summed E-state index contributed by atoms with van der Waals surface area (Å²) < 4.78 is 23.5. The van der Waals surface area contributed by atoms with E-state index in [1.807, 2.05) is 24.3 Å². The van der Waals surface area contributed by atoms with Crippen molar-refractivity contribution < 1.29 is 18.6 Å². The summed E-state index contributed by atoms with van der Waals surface area (Å²) in [5, 5.41) is 0.580. The van der Waals surface area contributed by atoms with E-state index in [9.17, 15) is 4.79 Å². The van der Waals surface area contributed by atoms with Crippen molar-refractivity contribution >= 4 is 11.0 Å². The van der Waals surface area contributed by atoms with Gasteiger partial charge in [0, 0.05) is 5.92 Å². The Kier molecular flexibility index (Phi) is 3.53. The highest BCUT2D eigenvalue weighted by molar-refractivity contribution is 5.76. The fraction of sp³-hybridized carbons (Fsp3) is 0.348. The summed E-state index contributed by atoms with van der Waals surface area (Å²) in [5.41, 5.74) is 3.31. The van der Waals surface area contributed by atoms with Crippen LogP contribution in [0, 0.1) is 0 Å². The smallest absolute Gasteiger partial charge is 0.231 e. The van der Waals surface area contributed by atoms with Gasteiger partial charge in [-0.25, -0.2) is 0 Å². The highest BCUT2D eigenvalue weighted by Crippen LogP contribution is 2.50. The van der Waals surface area contributed by atoms with Crippen molar-refractivity contribution in [2.24, 2.45) is 0 Å². The molecule has 28 heavy (non-hydrogen) atoms. The van der Waals surface area contributed by atoms with Crippen LogP contribution in [0.2, 0.25) is 0 Å². The summed E-state index contributed by atoms with van der Waals surface area (Å²) in [5.74, 6) is 1.84. The Balaban J connectivity index is 1.56. The molecule has 5 nitrogen and oxygen atoms in total. The zero-order valence-corrected chi connectivity index (χ0v) is 15.4. The molecule has 3 atom stereocenters. The summed E-state index contributed by atoms with van der Waals surface area (Å²) in [6.07, 6.45) is 5.67. The summed E-state index contributed by atoms with van der Waals surface area (Å²) >= 11 is 0. The zero-order chi connectivity index (χ0) is 18.7.